The highest BCUT2D eigenvalue weighted by Crippen LogP contribution is 2.24. The molecular formula is C18H26N2O3. The number of nitrogens with zero attached hydrogens (tertiary/aromatic N) is 1. The Hall–Kier alpha value is -2.06. The van der Waals surface area contributed by atoms with Crippen molar-refractivity contribution in [2.24, 2.45) is 5.92 Å². The van der Waals surface area contributed by atoms with Gasteiger partial charge in [0.25, 0.3) is 5.91 Å². The second-order valence-corrected chi connectivity index (χ2v) is 6.00. The van der Waals surface area contributed by atoms with E-state index in [0.29, 0.717) is 42.6 Å². The third kappa shape index (κ3) is 5.26. The van der Waals surface area contributed by atoms with Gasteiger partial charge in [0.05, 0.1) is 17.9 Å². The van der Waals surface area contributed by atoms with Crippen LogP contribution in [-0.4, -0.2) is 24.7 Å². The molecule has 0 bridgehead atoms. The van der Waals surface area contributed by atoms with Crippen LogP contribution in [0.25, 0.3) is 0 Å². The number of nitriles is 1. The van der Waals surface area contributed by atoms with Crippen molar-refractivity contribution in [3.8, 4) is 11.8 Å². The first-order valence-corrected chi connectivity index (χ1v) is 7.98. The lowest BCUT2D eigenvalue weighted by molar-refractivity contribution is -0.139. The average molecular weight is 318 g/mol. The van der Waals surface area contributed by atoms with Gasteiger partial charge in [-0.05, 0) is 44.4 Å². The van der Waals surface area contributed by atoms with Gasteiger partial charge >= 0.3 is 0 Å². The Balaban J connectivity index is 2.92. The smallest absolute Gasteiger partial charge is 0.256 e. The summed E-state index contributed by atoms with van der Waals surface area (Å²) in [6, 6.07) is 7.18. The summed E-state index contributed by atoms with van der Waals surface area (Å²) in [7, 11) is 0. The fourth-order valence-electron chi connectivity index (χ4n) is 1.98. The molecule has 1 aromatic carbocycles. The first-order valence-electron chi connectivity index (χ1n) is 7.98. The SMILES string of the molecule is CCO[C@@](C)(CC)C(=O)Nc1ccc(OCC(C)C)cc1C#N. The van der Waals surface area contributed by atoms with Crippen LogP contribution in [0.1, 0.15) is 46.6 Å². The van der Waals surface area contributed by atoms with Crippen LogP contribution in [0.2, 0.25) is 0 Å². The Morgan fingerprint density at radius 1 is 1.39 bits per heavy atom. The van der Waals surface area contributed by atoms with E-state index >= 15 is 0 Å². The minimum Gasteiger partial charge on any atom is -0.493 e. The Morgan fingerprint density at radius 3 is 2.61 bits per heavy atom. The highest BCUT2D eigenvalue weighted by atomic mass is 16.5. The molecular weight excluding hydrogens is 292 g/mol. The van der Waals surface area contributed by atoms with Crippen LogP contribution in [0, 0.1) is 17.2 Å². The second-order valence-electron chi connectivity index (χ2n) is 6.00. The average Bonchev–Trinajstić information content (AvgIpc) is 2.53. The van der Waals surface area contributed by atoms with Crippen molar-refractivity contribution in [3.05, 3.63) is 23.8 Å². The molecule has 1 rings (SSSR count). The summed E-state index contributed by atoms with van der Waals surface area (Å²) < 4.78 is 11.2. The number of carbonyl (C=O) groups is 1. The van der Waals surface area contributed by atoms with Gasteiger partial charge in [0.2, 0.25) is 0 Å². The van der Waals surface area contributed by atoms with Gasteiger partial charge in [-0.3, -0.25) is 4.79 Å². The van der Waals surface area contributed by atoms with Gasteiger partial charge in [0.1, 0.15) is 17.4 Å². The summed E-state index contributed by atoms with van der Waals surface area (Å²) in [4.78, 5) is 12.4. The Labute approximate surface area is 138 Å². The predicted molar refractivity (Wildman–Crippen MR) is 90.4 cm³/mol. The summed E-state index contributed by atoms with van der Waals surface area (Å²) in [5.74, 6) is 0.766. The number of nitrogens with one attached hydrogen (secondary N) is 1. The van der Waals surface area contributed by atoms with Gasteiger partial charge < -0.3 is 14.8 Å². The highest BCUT2D eigenvalue weighted by molar-refractivity contribution is 5.98. The lowest BCUT2D eigenvalue weighted by Crippen LogP contribution is -2.42. The van der Waals surface area contributed by atoms with E-state index in [2.05, 4.69) is 25.2 Å². The van der Waals surface area contributed by atoms with E-state index in [1.165, 1.54) is 0 Å². The molecule has 1 aromatic rings. The van der Waals surface area contributed by atoms with Crippen LogP contribution < -0.4 is 10.1 Å². The number of hydrogen-bond acceptors (Lipinski definition) is 4. The van der Waals surface area contributed by atoms with Gasteiger partial charge in [-0.1, -0.05) is 20.8 Å². The molecule has 5 nitrogen and oxygen atoms in total. The van der Waals surface area contributed by atoms with Crippen molar-refractivity contribution in [2.45, 2.75) is 46.6 Å². The monoisotopic (exact) mass is 318 g/mol. The van der Waals surface area contributed by atoms with Crippen molar-refractivity contribution in [2.75, 3.05) is 18.5 Å². The maximum Gasteiger partial charge on any atom is 0.256 e. The third-order valence-electron chi connectivity index (χ3n) is 3.56. The molecule has 0 aromatic heterocycles. The molecule has 126 valence electrons. The number of amides is 1. The zero-order chi connectivity index (χ0) is 17.5. The van der Waals surface area contributed by atoms with Crippen molar-refractivity contribution in [1.82, 2.24) is 0 Å². The normalized spacial score (nSPS) is 13.3. The standard InChI is InChI=1S/C18H26N2O3/c1-6-18(5,23-7-2)17(21)20-16-9-8-15(10-14(16)11-19)22-12-13(3)4/h8-10,13H,6-7,12H2,1-5H3,(H,20,21)/t18-/m0/s1. The van der Waals surface area contributed by atoms with Gasteiger partial charge in [0.15, 0.2) is 0 Å². The van der Waals surface area contributed by atoms with E-state index in [4.69, 9.17) is 9.47 Å². The minimum absolute atomic E-state index is 0.255. The van der Waals surface area contributed by atoms with Crippen molar-refractivity contribution in [1.29, 1.82) is 5.26 Å². The van der Waals surface area contributed by atoms with E-state index < -0.39 is 5.60 Å². The Morgan fingerprint density at radius 2 is 2.09 bits per heavy atom. The van der Waals surface area contributed by atoms with Crippen LogP contribution in [-0.2, 0) is 9.53 Å². The zero-order valence-corrected chi connectivity index (χ0v) is 14.6. The third-order valence-corrected chi connectivity index (χ3v) is 3.56. The van der Waals surface area contributed by atoms with Gasteiger partial charge in [-0.2, -0.15) is 5.26 Å². The number of benzene rings is 1. The molecule has 0 aliphatic heterocycles. The van der Waals surface area contributed by atoms with E-state index in [1.54, 1.807) is 25.1 Å². The molecule has 1 N–H and O–H groups in total. The predicted octanol–water partition coefficient (Wildman–Crippen LogP) is 3.74. The molecule has 0 aliphatic rings. The summed E-state index contributed by atoms with van der Waals surface area (Å²) >= 11 is 0. The molecule has 0 saturated heterocycles. The summed E-state index contributed by atoms with van der Waals surface area (Å²) in [6.07, 6.45) is 0.546. The molecule has 1 amide bonds. The van der Waals surface area contributed by atoms with Crippen LogP contribution in [0.3, 0.4) is 0 Å². The largest absolute Gasteiger partial charge is 0.493 e. The zero-order valence-electron chi connectivity index (χ0n) is 14.6. The molecule has 0 radical (unpaired) electrons. The van der Waals surface area contributed by atoms with Crippen molar-refractivity contribution < 1.29 is 14.3 Å². The van der Waals surface area contributed by atoms with Crippen LogP contribution in [0.5, 0.6) is 5.75 Å². The van der Waals surface area contributed by atoms with Crippen molar-refractivity contribution >= 4 is 11.6 Å². The number of rotatable bonds is 8. The van der Waals surface area contributed by atoms with Crippen LogP contribution in [0.15, 0.2) is 18.2 Å². The minimum atomic E-state index is -0.908. The van der Waals surface area contributed by atoms with Crippen molar-refractivity contribution in [3.63, 3.8) is 0 Å². The Kier molecular flexibility index (Phi) is 7.05. The van der Waals surface area contributed by atoms with Gasteiger partial charge in [-0.25, -0.2) is 0 Å². The lowest BCUT2D eigenvalue weighted by atomic mass is 10.0. The van der Waals surface area contributed by atoms with E-state index in [9.17, 15) is 10.1 Å². The number of hydrogen-bond donors (Lipinski definition) is 1. The van der Waals surface area contributed by atoms with E-state index in [0.717, 1.165) is 0 Å². The summed E-state index contributed by atoms with van der Waals surface area (Å²) in [5.41, 5.74) is -0.0720. The maximum absolute atomic E-state index is 12.4. The summed E-state index contributed by atoms with van der Waals surface area (Å²) in [5, 5.41) is 12.1. The molecule has 23 heavy (non-hydrogen) atoms. The second kappa shape index (κ2) is 8.54. The molecule has 0 aliphatic carbocycles. The van der Waals surface area contributed by atoms with Crippen LogP contribution >= 0.6 is 0 Å². The quantitative estimate of drug-likeness (QED) is 0.792. The number of ether oxygens (including phenoxy) is 2. The first-order chi connectivity index (χ1) is 10.9. The molecule has 0 saturated carbocycles. The number of carbonyl (C=O) groups excluding carboxylic acids is 1. The van der Waals surface area contributed by atoms with Crippen LogP contribution in [0.4, 0.5) is 5.69 Å². The lowest BCUT2D eigenvalue weighted by Gasteiger charge is -2.27. The van der Waals surface area contributed by atoms with E-state index in [-0.39, 0.29) is 5.91 Å². The Bertz CT molecular complexity index is 578. The highest BCUT2D eigenvalue weighted by Gasteiger charge is 2.32. The molecule has 0 spiro atoms. The summed E-state index contributed by atoms with van der Waals surface area (Å²) in [6.45, 7) is 10.6. The molecule has 1 atom stereocenters. The van der Waals surface area contributed by atoms with Gasteiger partial charge in [-0.15, -0.1) is 0 Å². The topological polar surface area (TPSA) is 71.3 Å². The fourth-order valence-corrected chi connectivity index (χ4v) is 1.98. The molecule has 0 heterocycles. The molecule has 0 fully saturated rings. The molecule has 5 heteroatoms. The van der Waals surface area contributed by atoms with E-state index in [1.807, 2.05) is 13.8 Å². The number of anilines is 1. The maximum atomic E-state index is 12.4. The fraction of sp³-hybridized carbons (Fsp3) is 0.556. The molecule has 0 unspecified atom stereocenters. The van der Waals surface area contributed by atoms with Gasteiger partial charge in [0, 0.05) is 6.61 Å². The first kappa shape index (κ1) is 19.0.